The smallest absolute Gasteiger partial charge is 0.258 e. The number of carbonyl (C=O) groups excluding carboxylic acids is 1. The minimum absolute atomic E-state index is 0. The second kappa shape index (κ2) is 7.45. The summed E-state index contributed by atoms with van der Waals surface area (Å²) in [6.07, 6.45) is 2.94. The molecule has 0 aliphatic carbocycles. The predicted octanol–water partition coefficient (Wildman–Crippen LogP) is 2.83. The molecule has 1 heterocycles. The zero-order chi connectivity index (χ0) is 17.3. The van der Waals surface area contributed by atoms with Crippen molar-refractivity contribution < 1.29 is 13.2 Å². The average Bonchev–Trinajstić information content (AvgIpc) is 2.53. The normalized spacial score (nSPS) is 13.7. The molecule has 3 rings (SSSR count). The van der Waals surface area contributed by atoms with Crippen molar-refractivity contribution in [2.75, 3.05) is 23.4 Å². The highest BCUT2D eigenvalue weighted by molar-refractivity contribution is 7.89. The van der Waals surface area contributed by atoms with Crippen molar-refractivity contribution in [1.82, 2.24) is 0 Å². The lowest BCUT2D eigenvalue weighted by Crippen LogP contribution is -2.35. The van der Waals surface area contributed by atoms with Gasteiger partial charge in [-0.05, 0) is 48.2 Å². The van der Waals surface area contributed by atoms with E-state index in [0.29, 0.717) is 23.4 Å². The second-order valence-corrected chi connectivity index (χ2v) is 8.31. The summed E-state index contributed by atoms with van der Waals surface area (Å²) in [6.45, 7) is 0.653. The summed E-state index contributed by atoms with van der Waals surface area (Å²) >= 11 is 0. The summed E-state index contributed by atoms with van der Waals surface area (Å²) in [4.78, 5) is 14.6. The Hall–Kier alpha value is -2.05. The van der Waals surface area contributed by atoms with Crippen LogP contribution >= 0.6 is 12.4 Å². The first kappa shape index (κ1) is 19.3. The molecule has 0 aromatic heterocycles. The van der Waals surface area contributed by atoms with Gasteiger partial charge in [-0.2, -0.15) is 0 Å². The number of nitrogens with two attached hydrogens (primary N) is 1. The number of nitrogens with zero attached hydrogens (tertiary/aromatic N) is 1. The Labute approximate surface area is 154 Å². The quantitative estimate of drug-likeness (QED) is 0.830. The van der Waals surface area contributed by atoms with E-state index in [4.69, 9.17) is 5.73 Å². The number of hydrogen-bond acceptors (Lipinski definition) is 4. The van der Waals surface area contributed by atoms with Gasteiger partial charge in [-0.25, -0.2) is 8.42 Å². The number of hydrogen-bond donors (Lipinski definition) is 1. The van der Waals surface area contributed by atoms with E-state index in [-0.39, 0.29) is 24.1 Å². The van der Waals surface area contributed by atoms with E-state index in [1.165, 1.54) is 6.26 Å². The van der Waals surface area contributed by atoms with E-state index in [1.54, 1.807) is 29.2 Å². The number of rotatable bonds is 3. The molecule has 0 fully saturated rings. The Morgan fingerprint density at radius 1 is 1.16 bits per heavy atom. The highest BCUT2D eigenvalue weighted by Gasteiger charge is 2.24. The minimum Gasteiger partial charge on any atom is -0.398 e. The summed E-state index contributed by atoms with van der Waals surface area (Å²) < 4.78 is 22.7. The molecule has 0 saturated heterocycles. The number of anilines is 2. The minimum atomic E-state index is -3.08. The van der Waals surface area contributed by atoms with Crippen molar-refractivity contribution in [3.8, 4) is 0 Å². The Balaban J connectivity index is 0.00000225. The molecule has 5 nitrogen and oxygen atoms in total. The molecule has 7 heteroatoms. The number of carbonyl (C=O) groups is 1. The summed E-state index contributed by atoms with van der Waals surface area (Å²) in [7, 11) is -3.08. The van der Waals surface area contributed by atoms with Gasteiger partial charge in [-0.3, -0.25) is 4.79 Å². The van der Waals surface area contributed by atoms with E-state index in [1.807, 2.05) is 18.2 Å². The first-order valence-electron chi connectivity index (χ1n) is 7.81. The van der Waals surface area contributed by atoms with Crippen LogP contribution < -0.4 is 10.6 Å². The third-order valence-corrected chi connectivity index (χ3v) is 5.02. The van der Waals surface area contributed by atoms with Gasteiger partial charge < -0.3 is 10.6 Å². The first-order valence-corrected chi connectivity index (χ1v) is 9.87. The monoisotopic (exact) mass is 380 g/mol. The number of sulfone groups is 1. The summed E-state index contributed by atoms with van der Waals surface area (Å²) in [5, 5.41) is 0. The van der Waals surface area contributed by atoms with Gasteiger partial charge in [0.2, 0.25) is 0 Å². The van der Waals surface area contributed by atoms with Crippen molar-refractivity contribution >= 4 is 39.5 Å². The molecule has 0 atom stereocenters. The van der Waals surface area contributed by atoms with E-state index < -0.39 is 9.84 Å². The molecule has 134 valence electrons. The van der Waals surface area contributed by atoms with E-state index in [2.05, 4.69) is 0 Å². The Morgan fingerprint density at radius 2 is 1.84 bits per heavy atom. The lowest BCUT2D eigenvalue weighted by molar-refractivity contribution is 0.0985. The lowest BCUT2D eigenvalue weighted by atomic mass is 9.99. The average molecular weight is 381 g/mol. The van der Waals surface area contributed by atoms with Crippen LogP contribution in [0.4, 0.5) is 11.4 Å². The standard InChI is InChI=1S/C18H20N2O3S.ClH/c1-24(22,23)12-13-7-9-14(10-8-13)18(21)20-11-3-4-15-16(19)5-2-6-17(15)20;/h2,5-10H,3-4,11-12,19H2,1H3;1H. The largest absolute Gasteiger partial charge is 0.398 e. The molecule has 0 saturated carbocycles. The van der Waals surface area contributed by atoms with Crippen molar-refractivity contribution in [3.63, 3.8) is 0 Å². The zero-order valence-corrected chi connectivity index (χ0v) is 15.6. The Morgan fingerprint density at radius 3 is 2.48 bits per heavy atom. The number of amides is 1. The maximum Gasteiger partial charge on any atom is 0.258 e. The van der Waals surface area contributed by atoms with E-state index in [0.717, 1.165) is 24.1 Å². The molecule has 2 aromatic rings. The molecule has 1 amide bonds. The van der Waals surface area contributed by atoms with Gasteiger partial charge in [-0.1, -0.05) is 18.2 Å². The number of nitrogen functional groups attached to an aromatic ring is 1. The maximum absolute atomic E-state index is 12.8. The van der Waals surface area contributed by atoms with Crippen molar-refractivity contribution in [1.29, 1.82) is 0 Å². The molecule has 0 bridgehead atoms. The predicted molar refractivity (Wildman–Crippen MR) is 103 cm³/mol. The van der Waals surface area contributed by atoms with Crippen LogP contribution in [0.3, 0.4) is 0 Å². The molecule has 0 radical (unpaired) electrons. The van der Waals surface area contributed by atoms with Gasteiger partial charge >= 0.3 is 0 Å². The molecule has 0 spiro atoms. The fourth-order valence-corrected chi connectivity index (χ4v) is 3.86. The van der Waals surface area contributed by atoms with Crippen LogP contribution in [0.2, 0.25) is 0 Å². The van der Waals surface area contributed by atoms with E-state index in [9.17, 15) is 13.2 Å². The molecule has 0 unspecified atom stereocenters. The summed E-state index contributed by atoms with van der Waals surface area (Å²) in [5.41, 5.74) is 9.85. The molecular weight excluding hydrogens is 360 g/mol. The fourth-order valence-electron chi connectivity index (χ4n) is 3.06. The Bertz CT molecular complexity index is 880. The van der Waals surface area contributed by atoms with Gasteiger partial charge in [0.05, 0.1) is 5.75 Å². The summed E-state index contributed by atoms with van der Waals surface area (Å²) in [5.74, 6) is -0.114. The van der Waals surface area contributed by atoms with E-state index >= 15 is 0 Å². The van der Waals surface area contributed by atoms with Crippen LogP contribution in [0.1, 0.15) is 27.9 Å². The van der Waals surface area contributed by atoms with Crippen LogP contribution in [0.25, 0.3) is 0 Å². The number of fused-ring (bicyclic) bond motifs is 1. The SMILES string of the molecule is CS(=O)(=O)Cc1ccc(C(=O)N2CCCc3c(N)cccc32)cc1.Cl. The molecule has 25 heavy (non-hydrogen) atoms. The third kappa shape index (κ3) is 4.32. The molecule has 2 N–H and O–H groups in total. The molecular formula is C18H21ClN2O3S. The van der Waals surface area contributed by atoms with Gasteiger partial charge in [0.15, 0.2) is 9.84 Å². The highest BCUT2D eigenvalue weighted by Crippen LogP contribution is 2.32. The first-order chi connectivity index (χ1) is 11.3. The second-order valence-electron chi connectivity index (χ2n) is 6.17. The van der Waals surface area contributed by atoms with Gasteiger partial charge in [0, 0.05) is 29.7 Å². The molecule has 1 aliphatic rings. The van der Waals surface area contributed by atoms with Crippen LogP contribution in [0, 0.1) is 0 Å². The maximum atomic E-state index is 12.8. The lowest BCUT2D eigenvalue weighted by Gasteiger charge is -2.30. The topological polar surface area (TPSA) is 80.5 Å². The van der Waals surface area contributed by atoms with Crippen LogP contribution in [-0.4, -0.2) is 27.1 Å². The van der Waals surface area contributed by atoms with Gasteiger partial charge in [0.25, 0.3) is 5.91 Å². The fraction of sp³-hybridized carbons (Fsp3) is 0.278. The third-order valence-electron chi connectivity index (χ3n) is 4.16. The Kier molecular flexibility index (Phi) is 5.75. The van der Waals surface area contributed by atoms with Crippen molar-refractivity contribution in [3.05, 3.63) is 59.2 Å². The van der Waals surface area contributed by atoms with Gasteiger partial charge in [0.1, 0.15) is 0 Å². The summed E-state index contributed by atoms with van der Waals surface area (Å²) in [6, 6.07) is 12.4. The van der Waals surface area contributed by atoms with Crippen LogP contribution in [0.15, 0.2) is 42.5 Å². The highest BCUT2D eigenvalue weighted by atomic mass is 35.5. The number of benzene rings is 2. The van der Waals surface area contributed by atoms with Crippen molar-refractivity contribution in [2.24, 2.45) is 0 Å². The zero-order valence-electron chi connectivity index (χ0n) is 13.9. The van der Waals surface area contributed by atoms with Gasteiger partial charge in [-0.15, -0.1) is 12.4 Å². The molecule has 1 aliphatic heterocycles. The number of halogens is 1. The van der Waals surface area contributed by atoms with Crippen molar-refractivity contribution in [2.45, 2.75) is 18.6 Å². The van der Waals surface area contributed by atoms with Crippen LogP contribution in [-0.2, 0) is 22.0 Å². The van der Waals surface area contributed by atoms with Crippen LogP contribution in [0.5, 0.6) is 0 Å². The molecule has 2 aromatic carbocycles.